The summed E-state index contributed by atoms with van der Waals surface area (Å²) in [5.41, 5.74) is 0.324. The minimum absolute atomic E-state index is 0.0954. The molecule has 1 aromatic heterocycles. The van der Waals surface area contributed by atoms with Gasteiger partial charge in [0.1, 0.15) is 5.82 Å². The Hall–Kier alpha value is -1.45. The molecule has 20 heavy (non-hydrogen) atoms. The fraction of sp³-hybridized carbons (Fsp3) is 0.182. The Morgan fingerprint density at radius 3 is 2.85 bits per heavy atom. The number of H-pyrrole nitrogens is 1. The molecule has 9 heteroatoms. The van der Waals surface area contributed by atoms with Gasteiger partial charge < -0.3 is 5.32 Å². The van der Waals surface area contributed by atoms with Gasteiger partial charge in [-0.25, -0.2) is 4.39 Å². The zero-order valence-corrected chi connectivity index (χ0v) is 12.8. The minimum atomic E-state index is -3.95. The zero-order chi connectivity index (χ0) is 14.8. The number of hydrogen-bond acceptors (Lipinski definition) is 4. The van der Waals surface area contributed by atoms with Gasteiger partial charge in [-0.1, -0.05) is 6.07 Å². The second-order valence-electron chi connectivity index (χ2n) is 3.96. The summed E-state index contributed by atoms with van der Waals surface area (Å²) in [5.74, 6) is -0.669. The maximum absolute atomic E-state index is 13.7. The molecule has 0 saturated carbocycles. The predicted octanol–water partition coefficient (Wildman–Crippen LogP) is 1.83. The normalized spacial score (nSPS) is 11.6. The van der Waals surface area contributed by atoms with Crippen molar-refractivity contribution in [3.8, 4) is 0 Å². The first-order chi connectivity index (χ1) is 9.45. The van der Waals surface area contributed by atoms with E-state index in [0.29, 0.717) is 16.6 Å². The molecule has 0 aliphatic heterocycles. The highest BCUT2D eigenvalue weighted by atomic mass is 79.9. The van der Waals surface area contributed by atoms with Crippen LogP contribution in [0.25, 0.3) is 0 Å². The van der Waals surface area contributed by atoms with Gasteiger partial charge in [-0.3, -0.25) is 9.82 Å². The molecule has 0 aliphatic rings. The molecule has 0 unspecified atom stereocenters. The largest absolute Gasteiger partial charge is 0.316 e. The van der Waals surface area contributed by atoms with Crippen LogP contribution in [0.4, 0.5) is 10.1 Å². The number of aromatic amines is 1. The van der Waals surface area contributed by atoms with Crippen molar-refractivity contribution in [3.63, 3.8) is 0 Å². The van der Waals surface area contributed by atoms with E-state index in [4.69, 9.17) is 0 Å². The highest BCUT2D eigenvalue weighted by molar-refractivity contribution is 9.10. The smallest absolute Gasteiger partial charge is 0.279 e. The van der Waals surface area contributed by atoms with Crippen LogP contribution in [0, 0.1) is 5.82 Å². The Morgan fingerprint density at radius 1 is 1.45 bits per heavy atom. The molecule has 0 fully saturated rings. The summed E-state index contributed by atoms with van der Waals surface area (Å²) in [6, 6.07) is 4.19. The number of rotatable bonds is 5. The van der Waals surface area contributed by atoms with Crippen molar-refractivity contribution in [1.82, 2.24) is 15.5 Å². The van der Waals surface area contributed by atoms with Crippen LogP contribution in [0.3, 0.4) is 0 Å². The van der Waals surface area contributed by atoms with Crippen molar-refractivity contribution >= 4 is 31.6 Å². The van der Waals surface area contributed by atoms with E-state index >= 15 is 0 Å². The second kappa shape index (κ2) is 5.90. The standard InChI is InChI=1S/C11H12BrFN4O2S/c1-14-5-7-6-15-16-11(7)20(18,19)17-10-8(12)3-2-4-9(10)13/h2-4,6,14,17H,5H2,1H3,(H,15,16). The molecular formula is C11H12BrFN4O2S. The van der Waals surface area contributed by atoms with E-state index in [1.165, 1.54) is 18.3 Å². The molecule has 6 nitrogen and oxygen atoms in total. The van der Waals surface area contributed by atoms with Gasteiger partial charge in [0.15, 0.2) is 5.03 Å². The number of sulfonamides is 1. The summed E-state index contributed by atoms with van der Waals surface area (Å²) >= 11 is 3.11. The predicted molar refractivity (Wildman–Crippen MR) is 76.3 cm³/mol. The summed E-state index contributed by atoms with van der Waals surface area (Å²) in [7, 11) is -2.26. The van der Waals surface area contributed by atoms with E-state index in [9.17, 15) is 12.8 Å². The lowest BCUT2D eigenvalue weighted by atomic mass is 10.3. The maximum Gasteiger partial charge on any atom is 0.279 e. The van der Waals surface area contributed by atoms with Crippen LogP contribution in [0.1, 0.15) is 5.56 Å². The fourth-order valence-corrected chi connectivity index (χ4v) is 3.42. The molecular weight excluding hydrogens is 351 g/mol. The van der Waals surface area contributed by atoms with Gasteiger partial charge >= 0.3 is 0 Å². The summed E-state index contributed by atoms with van der Waals surface area (Å²) in [4.78, 5) is 0. The third-order valence-corrected chi connectivity index (χ3v) is 4.54. The molecule has 0 aliphatic carbocycles. The zero-order valence-electron chi connectivity index (χ0n) is 10.4. The molecule has 0 amide bonds. The Balaban J connectivity index is 2.39. The number of nitrogens with one attached hydrogen (secondary N) is 3. The summed E-state index contributed by atoms with van der Waals surface area (Å²) in [6.45, 7) is 0.325. The SMILES string of the molecule is CNCc1cn[nH]c1S(=O)(=O)Nc1c(F)cccc1Br. The first-order valence-electron chi connectivity index (χ1n) is 5.59. The molecule has 0 atom stereocenters. The number of halogens is 2. The number of hydrogen-bond donors (Lipinski definition) is 3. The van der Waals surface area contributed by atoms with Crippen molar-refractivity contribution in [2.24, 2.45) is 0 Å². The monoisotopic (exact) mass is 362 g/mol. The van der Waals surface area contributed by atoms with Gasteiger partial charge in [0.2, 0.25) is 0 Å². The van der Waals surface area contributed by atoms with Crippen LogP contribution in [0.15, 0.2) is 33.9 Å². The molecule has 0 spiro atoms. The van der Waals surface area contributed by atoms with Crippen molar-refractivity contribution in [1.29, 1.82) is 0 Å². The average Bonchev–Trinajstić information content (AvgIpc) is 2.84. The summed E-state index contributed by atoms with van der Waals surface area (Å²) in [5, 5.41) is 8.85. The third-order valence-electron chi connectivity index (χ3n) is 2.51. The van der Waals surface area contributed by atoms with E-state index in [2.05, 4.69) is 36.2 Å². The van der Waals surface area contributed by atoms with E-state index in [-0.39, 0.29) is 10.7 Å². The quantitative estimate of drug-likeness (QED) is 0.757. The van der Waals surface area contributed by atoms with Crippen LogP contribution in [-0.2, 0) is 16.6 Å². The van der Waals surface area contributed by atoms with Crippen molar-refractivity contribution in [2.45, 2.75) is 11.6 Å². The number of anilines is 1. The lowest BCUT2D eigenvalue weighted by molar-refractivity contribution is 0.592. The van der Waals surface area contributed by atoms with Crippen LogP contribution in [-0.4, -0.2) is 25.7 Å². The Kier molecular flexibility index (Phi) is 4.41. The lowest BCUT2D eigenvalue weighted by Crippen LogP contribution is -2.18. The summed E-state index contributed by atoms with van der Waals surface area (Å²) in [6.07, 6.45) is 1.40. The van der Waals surface area contributed by atoms with Crippen LogP contribution < -0.4 is 10.0 Å². The van der Waals surface area contributed by atoms with Crippen LogP contribution in [0.5, 0.6) is 0 Å². The van der Waals surface area contributed by atoms with Crippen molar-refractivity contribution in [3.05, 3.63) is 40.2 Å². The highest BCUT2D eigenvalue weighted by Gasteiger charge is 2.23. The molecule has 3 N–H and O–H groups in total. The Morgan fingerprint density at radius 2 is 2.20 bits per heavy atom. The molecule has 2 aromatic rings. The number of aromatic nitrogens is 2. The Bertz CT molecular complexity index is 697. The van der Waals surface area contributed by atoms with Crippen LogP contribution in [0.2, 0.25) is 0 Å². The van der Waals surface area contributed by atoms with Gasteiger partial charge in [0.05, 0.1) is 11.9 Å². The first-order valence-corrected chi connectivity index (χ1v) is 7.87. The molecule has 1 heterocycles. The van der Waals surface area contributed by atoms with Gasteiger partial charge in [-0.15, -0.1) is 0 Å². The maximum atomic E-state index is 13.7. The first kappa shape index (κ1) is 14.9. The number of para-hydroxylation sites is 1. The molecule has 0 saturated heterocycles. The molecule has 1 aromatic carbocycles. The van der Waals surface area contributed by atoms with E-state index in [1.54, 1.807) is 13.1 Å². The fourth-order valence-electron chi connectivity index (χ4n) is 1.63. The number of benzene rings is 1. The second-order valence-corrected chi connectivity index (χ2v) is 6.43. The van der Waals surface area contributed by atoms with Crippen molar-refractivity contribution in [2.75, 3.05) is 11.8 Å². The highest BCUT2D eigenvalue weighted by Crippen LogP contribution is 2.27. The Labute approximate surface area is 124 Å². The summed E-state index contributed by atoms with van der Waals surface area (Å²) < 4.78 is 40.7. The van der Waals surface area contributed by atoms with Crippen molar-refractivity contribution < 1.29 is 12.8 Å². The lowest BCUT2D eigenvalue weighted by Gasteiger charge is -2.10. The van der Waals surface area contributed by atoms with E-state index in [1.807, 2.05) is 0 Å². The van der Waals surface area contributed by atoms with Crippen LogP contribution >= 0.6 is 15.9 Å². The third kappa shape index (κ3) is 3.00. The molecule has 0 bridgehead atoms. The van der Waals surface area contributed by atoms with E-state index in [0.717, 1.165) is 0 Å². The molecule has 108 valence electrons. The minimum Gasteiger partial charge on any atom is -0.316 e. The van der Waals surface area contributed by atoms with Gasteiger partial charge in [-0.2, -0.15) is 13.5 Å². The van der Waals surface area contributed by atoms with Gasteiger partial charge in [0.25, 0.3) is 10.0 Å². The van der Waals surface area contributed by atoms with Gasteiger partial charge in [0, 0.05) is 16.6 Å². The topological polar surface area (TPSA) is 86.9 Å². The van der Waals surface area contributed by atoms with E-state index < -0.39 is 15.8 Å². The average molecular weight is 363 g/mol. The molecule has 2 rings (SSSR count). The molecule has 0 radical (unpaired) electrons. The van der Waals surface area contributed by atoms with Gasteiger partial charge in [-0.05, 0) is 35.1 Å². The number of nitrogens with zero attached hydrogens (tertiary/aromatic N) is 1.